The van der Waals surface area contributed by atoms with Gasteiger partial charge < -0.3 is 0 Å². The zero-order valence-electron chi connectivity index (χ0n) is 9.86. The smallest absolute Gasteiger partial charge is 0.211 e. The number of aryl methyl sites for hydroxylation is 1. The van der Waals surface area contributed by atoms with Crippen LogP contribution in [0.5, 0.6) is 0 Å². The molecule has 4 heteroatoms. The van der Waals surface area contributed by atoms with Gasteiger partial charge in [0.05, 0.1) is 5.75 Å². The van der Waals surface area contributed by atoms with E-state index in [1.54, 1.807) is 6.92 Å². The normalized spacial score (nSPS) is 11.6. The molecule has 0 bridgehead atoms. The van der Waals surface area contributed by atoms with Crippen LogP contribution in [0.3, 0.4) is 0 Å². The Balaban J connectivity index is 2.43. The molecule has 0 aliphatic heterocycles. The summed E-state index contributed by atoms with van der Waals surface area (Å²) < 4.78 is 24.9. The van der Waals surface area contributed by atoms with E-state index in [9.17, 15) is 8.42 Å². The van der Waals surface area contributed by atoms with Gasteiger partial charge in [0.2, 0.25) is 10.0 Å². The van der Waals surface area contributed by atoms with Crippen LogP contribution in [0, 0.1) is 0 Å². The van der Waals surface area contributed by atoms with E-state index in [0.717, 1.165) is 18.4 Å². The zero-order chi connectivity index (χ0) is 12.0. The van der Waals surface area contributed by atoms with Gasteiger partial charge >= 0.3 is 0 Å². The minimum Gasteiger partial charge on any atom is -0.215 e. The van der Waals surface area contributed by atoms with Crippen LogP contribution in [0.2, 0.25) is 0 Å². The van der Waals surface area contributed by atoms with Gasteiger partial charge in [0.15, 0.2) is 0 Å². The van der Waals surface area contributed by atoms with Crippen LogP contribution in [0.4, 0.5) is 0 Å². The summed E-state index contributed by atoms with van der Waals surface area (Å²) >= 11 is 0. The van der Waals surface area contributed by atoms with Crippen molar-refractivity contribution in [2.75, 3.05) is 12.3 Å². The Labute approximate surface area is 97.9 Å². The second-order valence-electron chi connectivity index (χ2n) is 3.72. The molecule has 0 unspecified atom stereocenters. The Morgan fingerprint density at radius 2 is 1.62 bits per heavy atom. The summed E-state index contributed by atoms with van der Waals surface area (Å²) in [5.41, 5.74) is 2.47. The number of hydrogen-bond donors (Lipinski definition) is 1. The summed E-state index contributed by atoms with van der Waals surface area (Å²) in [6.07, 6.45) is 1.77. The van der Waals surface area contributed by atoms with Crippen LogP contribution in [-0.2, 0) is 22.9 Å². The van der Waals surface area contributed by atoms with Crippen LogP contribution in [-0.4, -0.2) is 20.7 Å². The fourth-order valence-corrected chi connectivity index (χ4v) is 2.01. The average molecular weight is 241 g/mol. The fourth-order valence-electron chi connectivity index (χ4n) is 1.39. The highest BCUT2D eigenvalue weighted by molar-refractivity contribution is 7.89. The fraction of sp³-hybridized carbons (Fsp3) is 0.500. The van der Waals surface area contributed by atoms with Crippen molar-refractivity contribution in [3.8, 4) is 0 Å². The topological polar surface area (TPSA) is 46.2 Å². The second kappa shape index (κ2) is 6.01. The third-order valence-corrected chi connectivity index (χ3v) is 3.95. The molecule has 0 saturated carbocycles. The summed E-state index contributed by atoms with van der Waals surface area (Å²) in [6.45, 7) is 4.23. The molecule has 90 valence electrons. The number of rotatable bonds is 6. The maximum absolute atomic E-state index is 11.2. The molecule has 0 aliphatic rings. The van der Waals surface area contributed by atoms with Crippen molar-refractivity contribution in [3.05, 3.63) is 35.4 Å². The van der Waals surface area contributed by atoms with Crippen LogP contribution in [0.1, 0.15) is 25.0 Å². The van der Waals surface area contributed by atoms with E-state index in [0.29, 0.717) is 6.54 Å². The lowest BCUT2D eigenvalue weighted by molar-refractivity contribution is 0.583. The van der Waals surface area contributed by atoms with Crippen molar-refractivity contribution in [1.29, 1.82) is 0 Å². The molecule has 0 aromatic heterocycles. The van der Waals surface area contributed by atoms with Crippen molar-refractivity contribution in [2.45, 2.75) is 26.7 Å². The van der Waals surface area contributed by atoms with Gasteiger partial charge in [0.1, 0.15) is 0 Å². The summed E-state index contributed by atoms with van der Waals surface area (Å²) in [4.78, 5) is 0. The van der Waals surface area contributed by atoms with E-state index in [1.807, 2.05) is 0 Å². The van der Waals surface area contributed by atoms with E-state index < -0.39 is 10.0 Å². The first kappa shape index (κ1) is 13.2. The van der Waals surface area contributed by atoms with Gasteiger partial charge in [-0.25, -0.2) is 13.1 Å². The van der Waals surface area contributed by atoms with Crippen molar-refractivity contribution in [1.82, 2.24) is 4.72 Å². The third-order valence-electron chi connectivity index (χ3n) is 2.55. The van der Waals surface area contributed by atoms with E-state index in [1.165, 1.54) is 5.56 Å². The Morgan fingerprint density at radius 1 is 1.06 bits per heavy atom. The molecule has 1 rings (SSSR count). The highest BCUT2D eigenvalue weighted by Gasteiger charge is 2.04. The van der Waals surface area contributed by atoms with Crippen LogP contribution in [0.15, 0.2) is 24.3 Å². The minimum atomic E-state index is -3.05. The van der Waals surface area contributed by atoms with E-state index in [2.05, 4.69) is 35.9 Å². The predicted octanol–water partition coefficient (Wildman–Crippen LogP) is 1.73. The van der Waals surface area contributed by atoms with E-state index in [4.69, 9.17) is 0 Å². The molecule has 1 N–H and O–H groups in total. The minimum absolute atomic E-state index is 0.141. The van der Waals surface area contributed by atoms with Crippen molar-refractivity contribution >= 4 is 10.0 Å². The summed E-state index contributed by atoms with van der Waals surface area (Å²) in [6, 6.07) is 8.28. The molecule has 1 aromatic rings. The van der Waals surface area contributed by atoms with E-state index in [-0.39, 0.29) is 5.75 Å². The first-order valence-corrected chi connectivity index (χ1v) is 7.27. The first-order valence-electron chi connectivity index (χ1n) is 5.62. The Bertz CT molecular complexity index is 409. The molecule has 0 spiro atoms. The van der Waals surface area contributed by atoms with Gasteiger partial charge in [-0.05, 0) is 30.9 Å². The van der Waals surface area contributed by atoms with Gasteiger partial charge in [-0.3, -0.25) is 0 Å². The third kappa shape index (κ3) is 4.33. The zero-order valence-corrected chi connectivity index (χ0v) is 10.7. The summed E-state index contributed by atoms with van der Waals surface area (Å²) in [5.74, 6) is 0.141. The lowest BCUT2D eigenvalue weighted by Crippen LogP contribution is -2.27. The van der Waals surface area contributed by atoms with Crippen molar-refractivity contribution < 1.29 is 8.42 Å². The Hall–Kier alpha value is -0.870. The molecule has 0 atom stereocenters. The molecule has 0 radical (unpaired) electrons. The Kier molecular flexibility index (Phi) is 4.96. The van der Waals surface area contributed by atoms with Gasteiger partial charge in [-0.15, -0.1) is 0 Å². The SMILES string of the molecule is CCc1ccc(CCNS(=O)(=O)CC)cc1. The summed E-state index contributed by atoms with van der Waals surface area (Å²) in [7, 11) is -3.05. The number of hydrogen-bond acceptors (Lipinski definition) is 2. The average Bonchev–Trinajstić information content (AvgIpc) is 2.30. The predicted molar refractivity (Wildman–Crippen MR) is 67.0 cm³/mol. The Morgan fingerprint density at radius 3 is 2.12 bits per heavy atom. The van der Waals surface area contributed by atoms with Crippen LogP contribution in [0.25, 0.3) is 0 Å². The first-order chi connectivity index (χ1) is 7.57. The molecule has 1 aromatic carbocycles. The molecular formula is C12H19NO2S. The number of nitrogens with one attached hydrogen (secondary N) is 1. The lowest BCUT2D eigenvalue weighted by Gasteiger charge is -2.05. The molecule has 16 heavy (non-hydrogen) atoms. The maximum Gasteiger partial charge on any atom is 0.211 e. The van der Waals surface area contributed by atoms with Gasteiger partial charge in [-0.2, -0.15) is 0 Å². The van der Waals surface area contributed by atoms with Gasteiger partial charge in [-0.1, -0.05) is 31.2 Å². The molecule has 0 heterocycles. The lowest BCUT2D eigenvalue weighted by atomic mass is 10.1. The maximum atomic E-state index is 11.2. The second-order valence-corrected chi connectivity index (χ2v) is 5.81. The van der Waals surface area contributed by atoms with Crippen LogP contribution < -0.4 is 4.72 Å². The monoisotopic (exact) mass is 241 g/mol. The summed E-state index contributed by atoms with van der Waals surface area (Å²) in [5, 5.41) is 0. The number of sulfonamides is 1. The molecule has 0 aliphatic carbocycles. The quantitative estimate of drug-likeness (QED) is 0.824. The molecule has 3 nitrogen and oxygen atoms in total. The van der Waals surface area contributed by atoms with Crippen molar-refractivity contribution in [2.24, 2.45) is 0 Å². The highest BCUT2D eigenvalue weighted by atomic mass is 32.2. The van der Waals surface area contributed by atoms with Crippen LogP contribution >= 0.6 is 0 Å². The van der Waals surface area contributed by atoms with Gasteiger partial charge in [0, 0.05) is 6.54 Å². The van der Waals surface area contributed by atoms with Gasteiger partial charge in [0.25, 0.3) is 0 Å². The van der Waals surface area contributed by atoms with E-state index >= 15 is 0 Å². The number of benzene rings is 1. The molecule has 0 amide bonds. The standard InChI is InChI=1S/C12H19NO2S/c1-3-11-5-7-12(8-6-11)9-10-13-16(14,15)4-2/h5-8,13H,3-4,9-10H2,1-2H3. The molecular weight excluding hydrogens is 222 g/mol. The van der Waals surface area contributed by atoms with Crippen molar-refractivity contribution in [3.63, 3.8) is 0 Å². The largest absolute Gasteiger partial charge is 0.215 e. The molecule has 0 fully saturated rings. The molecule has 0 saturated heterocycles. The highest BCUT2D eigenvalue weighted by Crippen LogP contribution is 2.05.